The molecule has 0 atom stereocenters. The Hall–Kier alpha value is -2.77. The highest BCUT2D eigenvalue weighted by Crippen LogP contribution is 2.25. The second-order valence-electron chi connectivity index (χ2n) is 5.88. The SMILES string of the molecule is Cc1nc(-c2ccc(CCNC(=O)c3ccc(Cl)c([N+](=O)[O-])c3)cc2)cs1. The predicted octanol–water partition coefficient (Wildman–Crippen LogP) is 4.65. The van der Waals surface area contributed by atoms with Crippen molar-refractivity contribution in [3.63, 3.8) is 0 Å². The van der Waals surface area contributed by atoms with Gasteiger partial charge in [0.2, 0.25) is 0 Å². The Kier molecular flexibility index (Phi) is 5.83. The van der Waals surface area contributed by atoms with Crippen molar-refractivity contribution < 1.29 is 9.72 Å². The minimum atomic E-state index is -0.607. The molecule has 0 unspecified atom stereocenters. The van der Waals surface area contributed by atoms with E-state index in [1.807, 2.05) is 36.6 Å². The topological polar surface area (TPSA) is 85.1 Å². The van der Waals surface area contributed by atoms with Crippen molar-refractivity contribution in [3.8, 4) is 11.3 Å². The number of nitro benzene ring substituents is 1. The Morgan fingerprint density at radius 1 is 1.26 bits per heavy atom. The number of nitrogens with one attached hydrogen (secondary N) is 1. The van der Waals surface area contributed by atoms with Crippen LogP contribution in [0.15, 0.2) is 47.8 Å². The number of aromatic nitrogens is 1. The first kappa shape index (κ1) is 19.0. The molecule has 0 spiro atoms. The third-order valence-electron chi connectivity index (χ3n) is 3.97. The molecule has 6 nitrogen and oxygen atoms in total. The molecule has 0 saturated carbocycles. The zero-order valence-corrected chi connectivity index (χ0v) is 16.0. The number of aryl methyl sites for hydroxylation is 1. The smallest absolute Gasteiger partial charge is 0.288 e. The van der Waals surface area contributed by atoms with Crippen LogP contribution in [-0.4, -0.2) is 22.4 Å². The maximum Gasteiger partial charge on any atom is 0.288 e. The predicted molar refractivity (Wildman–Crippen MR) is 106 cm³/mol. The molecule has 1 heterocycles. The number of amides is 1. The van der Waals surface area contributed by atoms with Crippen LogP contribution in [0, 0.1) is 17.0 Å². The van der Waals surface area contributed by atoms with Gasteiger partial charge in [0.15, 0.2) is 0 Å². The number of halogens is 1. The highest BCUT2D eigenvalue weighted by Gasteiger charge is 2.16. The van der Waals surface area contributed by atoms with E-state index in [-0.39, 0.29) is 22.2 Å². The van der Waals surface area contributed by atoms with E-state index in [0.29, 0.717) is 13.0 Å². The van der Waals surface area contributed by atoms with Crippen LogP contribution >= 0.6 is 22.9 Å². The lowest BCUT2D eigenvalue weighted by Gasteiger charge is -2.06. The van der Waals surface area contributed by atoms with Gasteiger partial charge >= 0.3 is 0 Å². The lowest BCUT2D eigenvalue weighted by Crippen LogP contribution is -2.25. The number of carbonyl (C=O) groups excluding carboxylic acids is 1. The normalized spacial score (nSPS) is 10.6. The number of nitro groups is 1. The Bertz CT molecular complexity index is 986. The summed E-state index contributed by atoms with van der Waals surface area (Å²) >= 11 is 7.37. The van der Waals surface area contributed by atoms with Crippen LogP contribution in [0.5, 0.6) is 0 Å². The van der Waals surface area contributed by atoms with Gasteiger partial charge in [-0.05, 0) is 31.0 Å². The van der Waals surface area contributed by atoms with Crippen molar-refractivity contribution in [2.75, 3.05) is 6.54 Å². The van der Waals surface area contributed by atoms with E-state index in [1.54, 1.807) is 11.3 Å². The second-order valence-corrected chi connectivity index (χ2v) is 7.35. The largest absolute Gasteiger partial charge is 0.352 e. The molecule has 0 aliphatic carbocycles. The van der Waals surface area contributed by atoms with E-state index in [2.05, 4.69) is 10.3 Å². The van der Waals surface area contributed by atoms with Crippen LogP contribution in [0.1, 0.15) is 20.9 Å². The van der Waals surface area contributed by atoms with Gasteiger partial charge in [-0.1, -0.05) is 35.9 Å². The first-order chi connectivity index (χ1) is 12.9. The molecule has 1 N–H and O–H groups in total. The van der Waals surface area contributed by atoms with Gasteiger partial charge in [0, 0.05) is 29.1 Å². The summed E-state index contributed by atoms with van der Waals surface area (Å²) in [5, 5.41) is 16.7. The minimum Gasteiger partial charge on any atom is -0.352 e. The first-order valence-electron chi connectivity index (χ1n) is 8.17. The number of nitrogens with zero attached hydrogens (tertiary/aromatic N) is 2. The van der Waals surface area contributed by atoms with Gasteiger partial charge in [0.05, 0.1) is 15.6 Å². The zero-order chi connectivity index (χ0) is 19.4. The number of carbonyl (C=O) groups is 1. The van der Waals surface area contributed by atoms with Gasteiger partial charge in [0.25, 0.3) is 11.6 Å². The van der Waals surface area contributed by atoms with Crippen LogP contribution in [-0.2, 0) is 6.42 Å². The van der Waals surface area contributed by atoms with Crippen molar-refractivity contribution in [1.82, 2.24) is 10.3 Å². The number of benzene rings is 2. The highest BCUT2D eigenvalue weighted by molar-refractivity contribution is 7.09. The molecule has 8 heteroatoms. The van der Waals surface area contributed by atoms with E-state index in [4.69, 9.17) is 11.6 Å². The summed E-state index contributed by atoms with van der Waals surface area (Å²) in [5.41, 5.74) is 3.02. The van der Waals surface area contributed by atoms with Crippen molar-refractivity contribution >= 4 is 34.5 Å². The monoisotopic (exact) mass is 401 g/mol. The van der Waals surface area contributed by atoms with Crippen molar-refractivity contribution in [1.29, 1.82) is 0 Å². The quantitative estimate of drug-likeness (QED) is 0.481. The molecule has 0 radical (unpaired) electrons. The minimum absolute atomic E-state index is 0.00643. The zero-order valence-electron chi connectivity index (χ0n) is 14.4. The van der Waals surface area contributed by atoms with Gasteiger partial charge in [0.1, 0.15) is 5.02 Å². The number of thiazole rings is 1. The first-order valence-corrected chi connectivity index (χ1v) is 9.43. The fourth-order valence-electron chi connectivity index (χ4n) is 2.55. The van der Waals surface area contributed by atoms with Crippen LogP contribution in [0.4, 0.5) is 5.69 Å². The average molecular weight is 402 g/mol. The van der Waals surface area contributed by atoms with Gasteiger partial charge in [-0.2, -0.15) is 0 Å². The third kappa shape index (κ3) is 4.69. The maximum atomic E-state index is 12.2. The molecule has 138 valence electrons. The molecule has 3 rings (SSSR count). The van der Waals surface area contributed by atoms with Gasteiger partial charge in [-0.25, -0.2) is 4.98 Å². The van der Waals surface area contributed by atoms with Crippen LogP contribution in [0.25, 0.3) is 11.3 Å². The molecule has 27 heavy (non-hydrogen) atoms. The Morgan fingerprint density at radius 3 is 2.63 bits per heavy atom. The Balaban J connectivity index is 1.57. The van der Waals surface area contributed by atoms with E-state index in [1.165, 1.54) is 18.2 Å². The molecule has 0 aliphatic heterocycles. The molecule has 0 saturated heterocycles. The second kappa shape index (κ2) is 8.28. The molecule has 2 aromatic carbocycles. The van der Waals surface area contributed by atoms with Crippen molar-refractivity contribution in [2.24, 2.45) is 0 Å². The van der Waals surface area contributed by atoms with Crippen LogP contribution in [0.2, 0.25) is 5.02 Å². The lowest BCUT2D eigenvalue weighted by molar-refractivity contribution is -0.384. The summed E-state index contributed by atoms with van der Waals surface area (Å²) in [4.78, 5) is 26.9. The molecule has 0 bridgehead atoms. The number of rotatable bonds is 6. The molecular weight excluding hydrogens is 386 g/mol. The van der Waals surface area contributed by atoms with Gasteiger partial charge in [-0.3, -0.25) is 14.9 Å². The summed E-state index contributed by atoms with van der Waals surface area (Å²) in [6.07, 6.45) is 0.651. The summed E-state index contributed by atoms with van der Waals surface area (Å²) in [5.74, 6) is -0.371. The van der Waals surface area contributed by atoms with E-state index >= 15 is 0 Å². The molecule has 0 aliphatic rings. The highest BCUT2D eigenvalue weighted by atomic mass is 35.5. The van der Waals surface area contributed by atoms with Crippen molar-refractivity contribution in [3.05, 3.63) is 79.1 Å². The Labute approximate surface area is 165 Å². The third-order valence-corrected chi connectivity index (χ3v) is 5.07. The average Bonchev–Trinajstić information content (AvgIpc) is 3.08. The molecular formula is C19H16ClN3O3S. The molecule has 0 fully saturated rings. The standard InChI is InChI=1S/C19H16ClN3O3S/c1-12-22-17(11-27-12)14-4-2-13(3-5-14)8-9-21-19(24)15-6-7-16(20)18(10-15)23(25)26/h2-7,10-11H,8-9H2,1H3,(H,21,24). The fraction of sp³-hybridized carbons (Fsp3) is 0.158. The van der Waals surface area contributed by atoms with E-state index in [9.17, 15) is 14.9 Å². The maximum absolute atomic E-state index is 12.2. The summed E-state index contributed by atoms with van der Waals surface area (Å²) in [6.45, 7) is 2.39. The van der Waals surface area contributed by atoms with Crippen LogP contribution in [0.3, 0.4) is 0 Å². The molecule has 1 amide bonds. The van der Waals surface area contributed by atoms with E-state index in [0.717, 1.165) is 21.8 Å². The summed E-state index contributed by atoms with van der Waals surface area (Å²) < 4.78 is 0. The summed E-state index contributed by atoms with van der Waals surface area (Å²) in [7, 11) is 0. The number of hydrogen-bond acceptors (Lipinski definition) is 5. The van der Waals surface area contributed by atoms with E-state index < -0.39 is 4.92 Å². The lowest BCUT2D eigenvalue weighted by atomic mass is 10.1. The van der Waals surface area contributed by atoms with Crippen molar-refractivity contribution in [2.45, 2.75) is 13.3 Å². The molecule has 3 aromatic rings. The summed E-state index contributed by atoms with van der Waals surface area (Å²) in [6, 6.07) is 12.0. The number of hydrogen-bond donors (Lipinski definition) is 1. The fourth-order valence-corrected chi connectivity index (χ4v) is 3.36. The van der Waals surface area contributed by atoms with Crippen LogP contribution < -0.4 is 5.32 Å². The van der Waals surface area contributed by atoms with Gasteiger partial charge in [-0.15, -0.1) is 11.3 Å². The van der Waals surface area contributed by atoms with Gasteiger partial charge < -0.3 is 5.32 Å². The Morgan fingerprint density at radius 2 is 2.00 bits per heavy atom. The molecule has 1 aromatic heterocycles.